The number of hydrogen-bond donors (Lipinski definition) is 1. The van der Waals surface area contributed by atoms with Crippen molar-refractivity contribution in [1.29, 1.82) is 0 Å². The Morgan fingerprint density at radius 2 is 0.968 bits per heavy atom. The van der Waals surface area contributed by atoms with Crippen LogP contribution in [0.15, 0.2) is 146 Å². The minimum atomic E-state index is -1.42. The molecule has 0 aliphatic carbocycles. The number of methoxy groups -OCH3 is 1. The highest BCUT2D eigenvalue weighted by Gasteiger charge is 2.54. The molecule has 0 radical (unpaired) electrons. The van der Waals surface area contributed by atoms with Crippen LogP contribution in [-0.2, 0) is 80.5 Å². The molecule has 0 bridgehead atoms. The van der Waals surface area contributed by atoms with Crippen molar-refractivity contribution in [1.82, 2.24) is 0 Å². The highest BCUT2D eigenvalue weighted by molar-refractivity contribution is 5.66. The third-order valence-electron chi connectivity index (χ3n) is 10.8. The molecule has 1 N–H and O–H groups in total. The molecule has 12 nitrogen and oxygen atoms in total. The molecule has 2 aliphatic rings. The zero-order valence-electron chi connectivity index (χ0n) is 35.3. The Morgan fingerprint density at radius 3 is 1.45 bits per heavy atom. The summed E-state index contributed by atoms with van der Waals surface area (Å²) in [6.45, 7) is 4.23. The van der Waals surface area contributed by atoms with E-state index >= 15 is 0 Å². The van der Waals surface area contributed by atoms with Gasteiger partial charge in [-0.15, -0.1) is 0 Å². The number of aliphatic hydroxyl groups is 1. The minimum absolute atomic E-state index is 0.00919. The molecule has 2 saturated heterocycles. The summed E-state index contributed by atoms with van der Waals surface area (Å²) in [6, 6.07) is 46.4. The van der Waals surface area contributed by atoms with Gasteiger partial charge in [0, 0.05) is 6.92 Å². The molecular weight excluding hydrogens is 793 g/mol. The van der Waals surface area contributed by atoms with Crippen LogP contribution in [0.2, 0.25) is 0 Å². The molecule has 0 saturated carbocycles. The van der Waals surface area contributed by atoms with Crippen LogP contribution in [0.4, 0.5) is 0 Å². The second kappa shape index (κ2) is 22.9. The lowest BCUT2D eigenvalue weighted by Crippen LogP contribution is -2.65. The fraction of sp³-hybridized carbons (Fsp3) is 0.380. The van der Waals surface area contributed by atoms with Crippen molar-refractivity contribution in [2.45, 2.75) is 108 Å². The lowest BCUT2D eigenvalue weighted by atomic mass is 9.96. The van der Waals surface area contributed by atoms with Gasteiger partial charge < -0.3 is 52.5 Å². The van der Waals surface area contributed by atoms with E-state index in [1.807, 2.05) is 153 Å². The van der Waals surface area contributed by atoms with E-state index < -0.39 is 67.4 Å². The van der Waals surface area contributed by atoms with Crippen molar-refractivity contribution in [3.63, 3.8) is 0 Å². The van der Waals surface area contributed by atoms with Gasteiger partial charge in [-0.1, -0.05) is 133 Å². The lowest BCUT2D eigenvalue weighted by molar-refractivity contribution is -0.366. The van der Waals surface area contributed by atoms with Crippen LogP contribution in [0.25, 0.3) is 0 Å². The summed E-state index contributed by atoms with van der Waals surface area (Å²) < 4.78 is 64.1. The number of hydrogen-bond acceptors (Lipinski definition) is 12. The first-order valence-electron chi connectivity index (χ1n) is 21.0. The molecule has 2 fully saturated rings. The van der Waals surface area contributed by atoms with Gasteiger partial charge in [-0.05, 0) is 46.9 Å². The van der Waals surface area contributed by atoms with Crippen LogP contribution in [-0.4, -0.2) is 86.2 Å². The number of ether oxygens (including phenoxy) is 10. The molecule has 0 unspecified atom stereocenters. The van der Waals surface area contributed by atoms with E-state index in [9.17, 15) is 9.90 Å². The average Bonchev–Trinajstić information content (AvgIpc) is 3.30. The first kappa shape index (κ1) is 45.0. The Morgan fingerprint density at radius 1 is 0.532 bits per heavy atom. The van der Waals surface area contributed by atoms with Crippen LogP contribution < -0.4 is 4.74 Å². The first-order valence-corrected chi connectivity index (χ1v) is 21.0. The van der Waals surface area contributed by atoms with Crippen molar-refractivity contribution in [3.05, 3.63) is 173 Å². The third-order valence-corrected chi connectivity index (χ3v) is 10.8. The Kier molecular flexibility index (Phi) is 16.6. The number of esters is 1. The third kappa shape index (κ3) is 12.6. The Balaban J connectivity index is 1.21. The smallest absolute Gasteiger partial charge is 0.303 e. The molecule has 7 rings (SSSR count). The van der Waals surface area contributed by atoms with Crippen LogP contribution in [0.3, 0.4) is 0 Å². The second-order valence-corrected chi connectivity index (χ2v) is 15.4. The van der Waals surface area contributed by atoms with E-state index in [1.54, 1.807) is 7.11 Å². The van der Waals surface area contributed by atoms with E-state index in [2.05, 4.69) is 0 Å². The summed E-state index contributed by atoms with van der Waals surface area (Å²) in [7, 11) is 1.62. The van der Waals surface area contributed by atoms with Gasteiger partial charge in [0.05, 0.1) is 52.9 Å². The summed E-state index contributed by atoms with van der Waals surface area (Å²) in [5.41, 5.74) is 4.57. The molecule has 10 atom stereocenters. The highest BCUT2D eigenvalue weighted by atomic mass is 16.7. The van der Waals surface area contributed by atoms with Gasteiger partial charge in [-0.25, -0.2) is 0 Å². The van der Waals surface area contributed by atoms with Gasteiger partial charge >= 0.3 is 5.97 Å². The molecule has 0 amide bonds. The highest BCUT2D eigenvalue weighted by Crippen LogP contribution is 2.36. The largest absolute Gasteiger partial charge is 0.497 e. The van der Waals surface area contributed by atoms with Crippen molar-refractivity contribution in [2.75, 3.05) is 13.7 Å². The summed E-state index contributed by atoms with van der Waals surface area (Å²) in [4.78, 5) is 13.0. The van der Waals surface area contributed by atoms with Crippen molar-refractivity contribution in [3.8, 4) is 5.75 Å². The van der Waals surface area contributed by atoms with E-state index in [0.29, 0.717) is 0 Å². The van der Waals surface area contributed by atoms with Gasteiger partial charge in [0.15, 0.2) is 18.7 Å². The van der Waals surface area contributed by atoms with E-state index in [4.69, 9.17) is 47.4 Å². The SMILES string of the molecule is COc1ccc(CO[C@@H]2[C@@H](OCc3ccccc3)[C@@H](OC(C)=O)[C@H](O[C@@H]3[C@H](OCc4ccccc4)[C@@H](OCc4ccccc4)[C@@H](O)O[C@@H]3COCc3ccccc3)O[C@H]2C)cc1. The Labute approximate surface area is 363 Å². The molecule has 12 heteroatoms. The number of rotatable bonds is 20. The van der Waals surface area contributed by atoms with E-state index in [0.717, 1.165) is 33.6 Å². The Bertz CT molecular complexity index is 2040. The van der Waals surface area contributed by atoms with E-state index in [1.165, 1.54) is 6.92 Å². The average molecular weight is 849 g/mol. The monoisotopic (exact) mass is 848 g/mol. The van der Waals surface area contributed by atoms with Gasteiger partial charge in [0.25, 0.3) is 0 Å². The topological polar surface area (TPSA) is 130 Å². The number of carbonyl (C=O) groups excluding carboxylic acids is 1. The molecule has 0 spiro atoms. The maximum absolute atomic E-state index is 13.0. The van der Waals surface area contributed by atoms with Crippen molar-refractivity contribution in [2.24, 2.45) is 0 Å². The zero-order valence-corrected chi connectivity index (χ0v) is 35.3. The van der Waals surface area contributed by atoms with Crippen LogP contribution in [0, 0.1) is 0 Å². The standard InChI is InChI=1S/C50H56O12/c1-34-43(55-32-40-24-26-41(53-3)27-25-40)45(56-29-37-18-10-5-11-19-37)48(60-35(2)51)50(59-34)62-44-42(33-54-28-36-16-8-4-9-17-36)61-49(52)47(58-31-39-22-14-7-15-23-39)46(44)57-30-38-20-12-6-13-21-38/h4-27,34,42-50,52H,28-33H2,1-3H3/t34-,42+,43-,44-,45+,46-,47+,48+,49-,50-/m0/s1. The van der Waals surface area contributed by atoms with Crippen molar-refractivity contribution >= 4 is 5.97 Å². The summed E-state index contributed by atoms with van der Waals surface area (Å²) in [6.07, 6.45) is -9.77. The lowest BCUT2D eigenvalue weighted by Gasteiger charge is -2.49. The molecule has 5 aromatic rings. The number of carbonyl (C=O) groups is 1. The van der Waals surface area contributed by atoms with Crippen LogP contribution in [0.5, 0.6) is 5.75 Å². The summed E-state index contributed by atoms with van der Waals surface area (Å²) >= 11 is 0. The van der Waals surface area contributed by atoms with Gasteiger partial charge in [0.1, 0.15) is 42.4 Å². The predicted octanol–water partition coefficient (Wildman–Crippen LogP) is 7.33. The molecule has 2 aliphatic heterocycles. The second-order valence-electron chi connectivity index (χ2n) is 15.4. The molecule has 328 valence electrons. The van der Waals surface area contributed by atoms with Gasteiger partial charge in [-0.3, -0.25) is 4.79 Å². The summed E-state index contributed by atoms with van der Waals surface area (Å²) in [5, 5.41) is 11.7. The normalized spacial score (nSPS) is 26.1. The number of benzene rings is 5. The van der Waals surface area contributed by atoms with Gasteiger partial charge in [0.2, 0.25) is 0 Å². The molecule has 0 aromatic heterocycles. The van der Waals surface area contributed by atoms with E-state index in [-0.39, 0.29) is 39.6 Å². The zero-order chi connectivity index (χ0) is 43.1. The van der Waals surface area contributed by atoms with Crippen LogP contribution >= 0.6 is 0 Å². The number of aliphatic hydroxyl groups excluding tert-OH is 1. The first-order chi connectivity index (χ1) is 30.3. The fourth-order valence-electron chi connectivity index (χ4n) is 7.62. The molecular formula is C50H56O12. The molecule has 5 aromatic carbocycles. The van der Waals surface area contributed by atoms with Crippen LogP contribution in [0.1, 0.15) is 41.7 Å². The molecule has 2 heterocycles. The summed E-state index contributed by atoms with van der Waals surface area (Å²) in [5.74, 6) is 0.159. The Hall–Kier alpha value is -4.99. The molecule has 62 heavy (non-hydrogen) atoms. The van der Waals surface area contributed by atoms with Gasteiger partial charge in [-0.2, -0.15) is 0 Å². The fourth-order valence-corrected chi connectivity index (χ4v) is 7.62. The maximum atomic E-state index is 13.0. The maximum Gasteiger partial charge on any atom is 0.303 e. The minimum Gasteiger partial charge on any atom is -0.497 e. The van der Waals surface area contributed by atoms with Crippen molar-refractivity contribution < 1.29 is 57.3 Å². The predicted molar refractivity (Wildman–Crippen MR) is 228 cm³/mol. The quantitative estimate of drug-likeness (QED) is 0.0788.